The van der Waals surface area contributed by atoms with Crippen molar-refractivity contribution < 1.29 is 13.9 Å². The zero-order chi connectivity index (χ0) is 21.9. The fourth-order valence-electron chi connectivity index (χ4n) is 4.27. The summed E-state index contributed by atoms with van der Waals surface area (Å²) in [5.74, 6) is -0.344. The van der Waals surface area contributed by atoms with E-state index in [-0.39, 0.29) is 12.0 Å². The number of carbonyl (C=O) groups excluding carboxylic acids is 1. The van der Waals surface area contributed by atoms with Gasteiger partial charge < -0.3 is 15.0 Å². The van der Waals surface area contributed by atoms with Gasteiger partial charge in [-0.25, -0.2) is 13.9 Å². The second-order valence-electron chi connectivity index (χ2n) is 8.26. The molecule has 0 spiro atoms. The average Bonchev–Trinajstić information content (AvgIpc) is 3.27. The lowest BCUT2D eigenvalue weighted by Gasteiger charge is -2.35. The molecule has 162 valence electrons. The molecule has 9 heteroatoms. The molecule has 5 rings (SSSR count). The van der Waals surface area contributed by atoms with Gasteiger partial charge in [-0.3, -0.25) is 4.79 Å². The number of aryl methyl sites for hydroxylation is 2. The quantitative estimate of drug-likeness (QED) is 0.669. The lowest BCUT2D eigenvalue weighted by Crippen LogP contribution is -2.45. The SMILES string of the molecule is CN[C@H]1C[C@H](Oc2cc(F)ccc2C(=O)N2Cc3nn4c(C)c(Cl)c(C)nc4c3C2)C1. The first kappa shape index (κ1) is 20.2. The van der Waals surface area contributed by atoms with Crippen molar-refractivity contribution in [3.8, 4) is 5.75 Å². The second kappa shape index (κ2) is 7.46. The molecule has 7 nitrogen and oxygen atoms in total. The number of amides is 1. The molecule has 2 aliphatic rings. The van der Waals surface area contributed by atoms with Crippen LogP contribution in [-0.2, 0) is 13.1 Å². The Morgan fingerprint density at radius 2 is 2.06 bits per heavy atom. The van der Waals surface area contributed by atoms with Gasteiger partial charge >= 0.3 is 0 Å². The molecule has 1 N–H and O–H groups in total. The number of hydrogen-bond donors (Lipinski definition) is 1. The van der Waals surface area contributed by atoms with Gasteiger partial charge in [-0.15, -0.1) is 0 Å². The van der Waals surface area contributed by atoms with Crippen LogP contribution in [0.25, 0.3) is 5.65 Å². The zero-order valence-corrected chi connectivity index (χ0v) is 18.3. The van der Waals surface area contributed by atoms with E-state index in [9.17, 15) is 9.18 Å². The number of nitrogens with zero attached hydrogens (tertiary/aromatic N) is 4. The van der Waals surface area contributed by atoms with Crippen molar-refractivity contribution in [3.63, 3.8) is 0 Å². The molecule has 1 saturated carbocycles. The Morgan fingerprint density at radius 1 is 1.29 bits per heavy atom. The van der Waals surface area contributed by atoms with Crippen LogP contribution in [0.4, 0.5) is 4.39 Å². The maximum Gasteiger partial charge on any atom is 0.258 e. The summed E-state index contributed by atoms with van der Waals surface area (Å²) in [7, 11) is 1.91. The summed E-state index contributed by atoms with van der Waals surface area (Å²) in [6.07, 6.45) is 1.64. The molecule has 0 radical (unpaired) electrons. The fraction of sp³-hybridized carbons (Fsp3) is 0.409. The molecular formula is C22H23ClFN5O2. The summed E-state index contributed by atoms with van der Waals surface area (Å²) in [5.41, 5.74) is 4.34. The molecule has 31 heavy (non-hydrogen) atoms. The van der Waals surface area contributed by atoms with Gasteiger partial charge in [0.1, 0.15) is 17.7 Å². The minimum atomic E-state index is -0.426. The summed E-state index contributed by atoms with van der Waals surface area (Å²) in [4.78, 5) is 19.6. The molecule has 3 aromatic rings. The molecule has 0 unspecified atom stereocenters. The molecule has 0 saturated heterocycles. The van der Waals surface area contributed by atoms with Crippen LogP contribution in [0.2, 0.25) is 5.02 Å². The maximum absolute atomic E-state index is 13.9. The van der Waals surface area contributed by atoms with Gasteiger partial charge in [0.25, 0.3) is 5.91 Å². The predicted octanol–water partition coefficient (Wildman–Crippen LogP) is 3.42. The van der Waals surface area contributed by atoms with Gasteiger partial charge in [0.15, 0.2) is 5.65 Å². The Kier molecular flexibility index (Phi) is 4.86. The number of benzene rings is 1. The van der Waals surface area contributed by atoms with Crippen LogP contribution in [0, 0.1) is 19.7 Å². The van der Waals surface area contributed by atoms with Crippen LogP contribution in [0.3, 0.4) is 0 Å². The highest BCUT2D eigenvalue weighted by Gasteiger charge is 2.34. The zero-order valence-electron chi connectivity index (χ0n) is 17.6. The topological polar surface area (TPSA) is 71.8 Å². The van der Waals surface area contributed by atoms with Crippen LogP contribution in [0.5, 0.6) is 5.75 Å². The minimum Gasteiger partial charge on any atom is -0.489 e. The highest BCUT2D eigenvalue weighted by molar-refractivity contribution is 6.31. The number of rotatable bonds is 4. The summed E-state index contributed by atoms with van der Waals surface area (Å²) >= 11 is 6.31. The van der Waals surface area contributed by atoms with E-state index in [1.54, 1.807) is 9.42 Å². The lowest BCUT2D eigenvalue weighted by molar-refractivity contribution is 0.0707. The van der Waals surface area contributed by atoms with Crippen LogP contribution in [0.15, 0.2) is 18.2 Å². The molecule has 0 bridgehead atoms. The van der Waals surface area contributed by atoms with Gasteiger partial charge in [-0.05, 0) is 45.9 Å². The van der Waals surface area contributed by atoms with Crippen LogP contribution in [0.1, 0.15) is 45.8 Å². The maximum atomic E-state index is 13.9. The highest BCUT2D eigenvalue weighted by atomic mass is 35.5. The summed E-state index contributed by atoms with van der Waals surface area (Å²) in [6, 6.07) is 4.48. The first-order valence-corrected chi connectivity index (χ1v) is 10.7. The molecule has 1 amide bonds. The number of ether oxygens (including phenoxy) is 1. The first-order valence-electron chi connectivity index (χ1n) is 10.3. The Bertz CT molecular complexity index is 1200. The van der Waals surface area contributed by atoms with Crippen molar-refractivity contribution in [2.75, 3.05) is 7.05 Å². The summed E-state index contributed by atoms with van der Waals surface area (Å²) in [6.45, 7) is 4.49. The van der Waals surface area contributed by atoms with Crippen molar-refractivity contribution >= 4 is 23.2 Å². The second-order valence-corrected chi connectivity index (χ2v) is 8.63. The van der Waals surface area contributed by atoms with E-state index in [4.69, 9.17) is 16.3 Å². The average molecular weight is 444 g/mol. The highest BCUT2D eigenvalue weighted by Crippen LogP contribution is 2.33. The summed E-state index contributed by atoms with van der Waals surface area (Å²) < 4.78 is 21.6. The van der Waals surface area contributed by atoms with Crippen LogP contribution < -0.4 is 10.1 Å². The van der Waals surface area contributed by atoms with Gasteiger partial charge in [-0.1, -0.05) is 11.6 Å². The smallest absolute Gasteiger partial charge is 0.258 e. The normalized spacial score (nSPS) is 20.1. The van der Waals surface area contributed by atoms with E-state index in [1.807, 2.05) is 20.9 Å². The van der Waals surface area contributed by atoms with E-state index in [0.29, 0.717) is 41.1 Å². The Morgan fingerprint density at radius 3 is 2.81 bits per heavy atom. The number of aromatic nitrogens is 3. The number of carbonyl (C=O) groups is 1. The van der Waals surface area contributed by atoms with E-state index in [2.05, 4.69) is 15.4 Å². The fourth-order valence-corrected chi connectivity index (χ4v) is 4.40. The van der Waals surface area contributed by atoms with Crippen molar-refractivity contribution in [1.82, 2.24) is 24.8 Å². The molecule has 1 aliphatic heterocycles. The monoisotopic (exact) mass is 443 g/mol. The van der Waals surface area contributed by atoms with Crippen molar-refractivity contribution in [3.05, 3.63) is 57.2 Å². The third kappa shape index (κ3) is 3.34. The third-order valence-corrected chi connectivity index (χ3v) is 6.76. The molecule has 1 fully saturated rings. The van der Waals surface area contributed by atoms with Gasteiger partial charge in [0, 0.05) is 17.7 Å². The molecule has 1 aromatic carbocycles. The van der Waals surface area contributed by atoms with Crippen molar-refractivity contribution in [2.45, 2.75) is 51.9 Å². The Hall–Kier alpha value is -2.71. The van der Waals surface area contributed by atoms with Crippen LogP contribution >= 0.6 is 11.6 Å². The molecule has 2 aromatic heterocycles. The predicted molar refractivity (Wildman–Crippen MR) is 114 cm³/mol. The lowest BCUT2D eigenvalue weighted by atomic mass is 9.89. The number of hydrogen-bond acceptors (Lipinski definition) is 5. The standard InChI is InChI=1S/C22H23ClFN5O2/c1-11-20(23)12(2)29-21(26-11)17-9-28(10-18(17)27-29)22(30)16-5-4-13(24)6-19(16)31-15-7-14(8-15)25-3/h4-6,14-15,25H,7-10H2,1-3H3/t14-,15-. The van der Waals surface area contributed by atoms with Crippen LogP contribution in [-0.4, -0.2) is 44.6 Å². The molecular weight excluding hydrogens is 421 g/mol. The Balaban J connectivity index is 1.41. The van der Waals surface area contributed by atoms with E-state index in [1.165, 1.54) is 18.2 Å². The number of nitrogens with one attached hydrogen (secondary N) is 1. The van der Waals surface area contributed by atoms with Crippen molar-refractivity contribution in [1.29, 1.82) is 0 Å². The minimum absolute atomic E-state index is 0.0225. The van der Waals surface area contributed by atoms with E-state index >= 15 is 0 Å². The van der Waals surface area contributed by atoms with E-state index < -0.39 is 5.82 Å². The van der Waals surface area contributed by atoms with Gasteiger partial charge in [0.05, 0.1) is 40.8 Å². The van der Waals surface area contributed by atoms with Gasteiger partial charge in [0.2, 0.25) is 0 Å². The molecule has 3 heterocycles. The first-order chi connectivity index (χ1) is 14.9. The van der Waals surface area contributed by atoms with Gasteiger partial charge in [-0.2, -0.15) is 5.10 Å². The van der Waals surface area contributed by atoms with E-state index in [0.717, 1.165) is 35.5 Å². The summed E-state index contributed by atoms with van der Waals surface area (Å²) in [5, 5.41) is 8.40. The number of fused-ring (bicyclic) bond motifs is 3. The van der Waals surface area contributed by atoms with Crippen molar-refractivity contribution in [2.24, 2.45) is 0 Å². The molecule has 0 atom stereocenters. The number of halogens is 2. The Labute approximate surface area is 184 Å². The third-order valence-electron chi connectivity index (χ3n) is 6.21. The largest absolute Gasteiger partial charge is 0.489 e. The molecule has 1 aliphatic carbocycles.